The molecule has 1 N–H and O–H groups in total. The topological polar surface area (TPSA) is 51.1 Å². The number of thiazole rings is 1. The van der Waals surface area contributed by atoms with Gasteiger partial charge in [-0.15, -0.1) is 11.8 Å². The minimum atomic E-state index is -4.60. The maximum Gasteiger partial charge on any atom is 0.418 e. The minimum absolute atomic E-state index is 0.0479. The van der Waals surface area contributed by atoms with Crippen molar-refractivity contribution in [1.82, 2.24) is 4.57 Å². The number of rotatable bonds is 4. The first kappa shape index (κ1) is 24.1. The van der Waals surface area contributed by atoms with Gasteiger partial charge in [-0.25, -0.2) is 0 Å². The van der Waals surface area contributed by atoms with Crippen LogP contribution >= 0.6 is 34.7 Å². The van der Waals surface area contributed by atoms with Crippen LogP contribution in [0.4, 0.5) is 18.9 Å². The highest BCUT2D eigenvalue weighted by atomic mass is 35.5. The average molecular weight is 551 g/mol. The molecule has 36 heavy (non-hydrogen) atoms. The molecule has 0 unspecified atom stereocenters. The molecule has 3 aromatic rings. The van der Waals surface area contributed by atoms with E-state index in [1.54, 1.807) is 11.8 Å². The Hall–Kier alpha value is -2.23. The third-order valence-electron chi connectivity index (χ3n) is 7.73. The summed E-state index contributed by atoms with van der Waals surface area (Å²) in [5, 5.41) is 4.15. The molecule has 1 amide bonds. The number of amides is 1. The van der Waals surface area contributed by atoms with Gasteiger partial charge in [0.05, 0.1) is 16.3 Å². The van der Waals surface area contributed by atoms with E-state index in [-0.39, 0.29) is 23.0 Å². The Bertz CT molecular complexity index is 1390. The summed E-state index contributed by atoms with van der Waals surface area (Å²) in [5.74, 6) is 0.986. The number of aromatic nitrogens is 1. The smallest absolute Gasteiger partial charge is 0.324 e. The highest BCUT2D eigenvalue weighted by Crippen LogP contribution is 2.64. The lowest BCUT2D eigenvalue weighted by atomic mass is 9.75. The second-order valence-corrected chi connectivity index (χ2v) is 12.3. The molecule has 1 aromatic heterocycles. The van der Waals surface area contributed by atoms with Gasteiger partial charge in [-0.05, 0) is 66.8 Å². The predicted molar refractivity (Wildman–Crippen MR) is 136 cm³/mol. The Balaban J connectivity index is 1.35. The molecule has 2 saturated carbocycles. The molecule has 188 valence electrons. The molecule has 2 heterocycles. The molecule has 4 nitrogen and oxygen atoms in total. The van der Waals surface area contributed by atoms with Crippen LogP contribution in [0.2, 0.25) is 5.02 Å². The predicted octanol–water partition coefficient (Wildman–Crippen LogP) is 6.87. The summed E-state index contributed by atoms with van der Waals surface area (Å²) in [5.41, 5.74) is -0.118. The van der Waals surface area contributed by atoms with Gasteiger partial charge in [0.15, 0.2) is 0 Å². The zero-order valence-electron chi connectivity index (χ0n) is 18.9. The van der Waals surface area contributed by atoms with Gasteiger partial charge in [0.1, 0.15) is 6.54 Å². The van der Waals surface area contributed by atoms with E-state index in [1.165, 1.54) is 42.0 Å². The van der Waals surface area contributed by atoms with E-state index < -0.39 is 17.6 Å². The fourth-order valence-corrected chi connectivity index (χ4v) is 9.58. The van der Waals surface area contributed by atoms with Crippen molar-refractivity contribution in [2.45, 2.75) is 48.2 Å². The lowest BCUT2D eigenvalue weighted by Gasteiger charge is -2.40. The second kappa shape index (κ2) is 8.96. The number of carbonyl (C=O) groups excluding carboxylic acids is 1. The molecule has 6 rings (SSSR count). The maximum atomic E-state index is 13.4. The third kappa shape index (κ3) is 4.09. The summed E-state index contributed by atoms with van der Waals surface area (Å²) in [4.78, 5) is 26.7. The van der Waals surface area contributed by atoms with Crippen molar-refractivity contribution < 1.29 is 18.0 Å². The number of hydrogen-bond acceptors (Lipinski definition) is 4. The summed E-state index contributed by atoms with van der Waals surface area (Å²) in [6.45, 7) is -0.331. The molecule has 2 fully saturated rings. The largest absolute Gasteiger partial charge is 0.418 e. The van der Waals surface area contributed by atoms with Crippen LogP contribution in [0.3, 0.4) is 0 Å². The number of alkyl halides is 3. The summed E-state index contributed by atoms with van der Waals surface area (Å²) >= 11 is 8.98. The molecule has 0 spiro atoms. The molecule has 1 aliphatic heterocycles. The number of fused-ring (bicyclic) bond motifs is 6. The Labute approximate surface area is 218 Å². The number of anilines is 1. The molecular formula is C26H22ClF3N2O2S2. The second-order valence-electron chi connectivity index (χ2n) is 9.74. The van der Waals surface area contributed by atoms with E-state index in [1.807, 2.05) is 24.3 Å². The molecular weight excluding hydrogens is 529 g/mol. The molecule has 2 aliphatic carbocycles. The maximum absolute atomic E-state index is 13.4. The van der Waals surface area contributed by atoms with Crippen molar-refractivity contribution in [2.75, 3.05) is 5.32 Å². The molecule has 0 saturated heterocycles. The fourth-order valence-electron chi connectivity index (χ4n) is 6.30. The third-order valence-corrected chi connectivity index (χ3v) is 10.8. The lowest BCUT2D eigenvalue weighted by molar-refractivity contribution is -0.137. The van der Waals surface area contributed by atoms with Crippen LogP contribution in [-0.4, -0.2) is 15.7 Å². The van der Waals surface area contributed by atoms with Gasteiger partial charge in [-0.2, -0.15) is 13.2 Å². The Morgan fingerprint density at radius 3 is 2.56 bits per heavy atom. The van der Waals surface area contributed by atoms with Crippen LogP contribution in [0.15, 0.2) is 58.4 Å². The van der Waals surface area contributed by atoms with E-state index in [0.29, 0.717) is 28.0 Å². The first-order chi connectivity index (χ1) is 17.2. The molecule has 3 aliphatic rings. The molecule has 5 atom stereocenters. The van der Waals surface area contributed by atoms with Crippen molar-refractivity contribution in [3.63, 3.8) is 0 Å². The zero-order valence-corrected chi connectivity index (χ0v) is 21.3. The van der Waals surface area contributed by atoms with E-state index in [4.69, 9.17) is 11.6 Å². The Morgan fingerprint density at radius 2 is 1.81 bits per heavy atom. The number of carbonyl (C=O) groups is 1. The SMILES string of the molecule is O=C(Cn1c2c(sc1=O)[C@H](c1ccc(Cl)cc1)[C@H]1[C@H]3CC[C@@H](C3)[C@@H]1S2)Nc1ccccc1C(F)(F)F. The lowest BCUT2D eigenvalue weighted by Crippen LogP contribution is -2.34. The average Bonchev–Trinajstić information content (AvgIpc) is 3.52. The van der Waals surface area contributed by atoms with Gasteiger partial charge >= 0.3 is 11.0 Å². The number of para-hydroxylation sites is 1. The van der Waals surface area contributed by atoms with Crippen molar-refractivity contribution in [3.8, 4) is 0 Å². The van der Waals surface area contributed by atoms with Crippen LogP contribution in [0.1, 0.15) is 41.2 Å². The standard InChI is InChI=1S/C26H22ClF3N2O2S2/c27-16-9-7-13(8-10-16)20-21-14-5-6-15(11-14)22(21)35-24-23(20)36-25(34)32(24)12-19(33)31-18-4-2-1-3-17(18)26(28,29)30/h1-4,7-10,14-15,20-22H,5-6,11-12H2,(H,31,33)/t14-,15-,20+,21+,22-/m0/s1. The van der Waals surface area contributed by atoms with Crippen LogP contribution in [0.5, 0.6) is 0 Å². The van der Waals surface area contributed by atoms with Crippen LogP contribution in [0, 0.1) is 17.8 Å². The fraction of sp³-hybridized carbons (Fsp3) is 0.385. The summed E-state index contributed by atoms with van der Waals surface area (Å²) in [7, 11) is 0. The number of halogens is 4. The molecule has 2 aromatic carbocycles. The molecule has 0 radical (unpaired) electrons. The van der Waals surface area contributed by atoms with Crippen LogP contribution in [0.25, 0.3) is 0 Å². The van der Waals surface area contributed by atoms with Crippen LogP contribution in [-0.2, 0) is 17.5 Å². The van der Waals surface area contributed by atoms with Crippen molar-refractivity contribution >= 4 is 46.3 Å². The first-order valence-corrected chi connectivity index (χ1v) is 13.9. The summed E-state index contributed by atoms with van der Waals surface area (Å²) in [6, 6.07) is 12.6. The van der Waals surface area contributed by atoms with Gasteiger partial charge in [0.25, 0.3) is 0 Å². The van der Waals surface area contributed by atoms with Crippen molar-refractivity contribution in [2.24, 2.45) is 17.8 Å². The quantitative estimate of drug-likeness (QED) is 0.385. The first-order valence-electron chi connectivity index (χ1n) is 11.8. The van der Waals surface area contributed by atoms with Gasteiger partial charge < -0.3 is 5.32 Å². The van der Waals surface area contributed by atoms with E-state index in [2.05, 4.69) is 5.32 Å². The molecule has 10 heteroatoms. The van der Waals surface area contributed by atoms with E-state index in [0.717, 1.165) is 32.9 Å². The number of nitrogens with one attached hydrogen (secondary N) is 1. The van der Waals surface area contributed by atoms with Crippen LogP contribution < -0.4 is 10.2 Å². The van der Waals surface area contributed by atoms with E-state index in [9.17, 15) is 22.8 Å². The zero-order chi connectivity index (χ0) is 25.2. The number of thioether (sulfide) groups is 1. The highest BCUT2D eigenvalue weighted by molar-refractivity contribution is 8.00. The van der Waals surface area contributed by atoms with Gasteiger partial charge in [0.2, 0.25) is 5.91 Å². The summed E-state index contributed by atoms with van der Waals surface area (Å²) < 4.78 is 41.6. The highest BCUT2D eigenvalue weighted by Gasteiger charge is 2.55. The van der Waals surface area contributed by atoms with Crippen molar-refractivity contribution in [3.05, 3.63) is 79.2 Å². The Kier molecular flexibility index (Phi) is 6.00. The normalized spacial score (nSPS) is 26.5. The van der Waals surface area contributed by atoms with Gasteiger partial charge in [-0.3, -0.25) is 14.2 Å². The van der Waals surface area contributed by atoms with Crippen molar-refractivity contribution in [1.29, 1.82) is 0 Å². The van der Waals surface area contributed by atoms with E-state index >= 15 is 0 Å². The van der Waals surface area contributed by atoms with Gasteiger partial charge in [0, 0.05) is 21.1 Å². The number of nitrogens with zero attached hydrogens (tertiary/aromatic N) is 1. The number of benzene rings is 2. The summed E-state index contributed by atoms with van der Waals surface area (Å²) in [6.07, 6.45) is -1.05. The van der Waals surface area contributed by atoms with Gasteiger partial charge in [-0.1, -0.05) is 47.2 Å². The number of hydrogen-bond donors (Lipinski definition) is 1. The molecule has 2 bridgehead atoms. The minimum Gasteiger partial charge on any atom is -0.324 e. The Morgan fingerprint density at radius 1 is 1.08 bits per heavy atom. The monoisotopic (exact) mass is 550 g/mol.